The molecular formula is C29H29F2N7O. The van der Waals surface area contributed by atoms with Gasteiger partial charge in [-0.25, -0.2) is 23.4 Å². The van der Waals surface area contributed by atoms with Crippen LogP contribution >= 0.6 is 0 Å². The first-order valence-electron chi connectivity index (χ1n) is 12.6. The van der Waals surface area contributed by atoms with E-state index in [0.717, 1.165) is 28.8 Å². The maximum Gasteiger partial charge on any atom is 0.229 e. The van der Waals surface area contributed by atoms with E-state index >= 15 is 0 Å². The summed E-state index contributed by atoms with van der Waals surface area (Å²) in [5, 5.41) is 7.68. The molecule has 5 rings (SSSR count). The minimum Gasteiger partial charge on any atom is -0.487 e. The van der Waals surface area contributed by atoms with Crippen LogP contribution in [0.4, 0.5) is 26.2 Å². The molecule has 2 aromatic heterocycles. The van der Waals surface area contributed by atoms with Gasteiger partial charge in [0.1, 0.15) is 47.6 Å². The van der Waals surface area contributed by atoms with Crippen molar-refractivity contribution < 1.29 is 13.5 Å². The van der Waals surface area contributed by atoms with Crippen LogP contribution < -0.4 is 15.0 Å². The number of hydrogen-bond donors (Lipinski definition) is 1. The van der Waals surface area contributed by atoms with Gasteiger partial charge in [-0.05, 0) is 43.5 Å². The lowest BCUT2D eigenvalue weighted by Crippen LogP contribution is -2.21. The van der Waals surface area contributed by atoms with Crippen LogP contribution in [0.1, 0.15) is 35.0 Å². The largest absolute Gasteiger partial charge is 0.487 e. The Morgan fingerprint density at radius 3 is 2.72 bits per heavy atom. The van der Waals surface area contributed by atoms with E-state index in [0.29, 0.717) is 54.8 Å². The number of likely N-dealkylation sites (N-methyl/N-ethyl adjacent to an activating group) is 1. The predicted octanol–water partition coefficient (Wildman–Crippen LogP) is 5.65. The van der Waals surface area contributed by atoms with Gasteiger partial charge in [0.25, 0.3) is 0 Å². The van der Waals surface area contributed by atoms with Gasteiger partial charge < -0.3 is 15.0 Å². The second-order valence-corrected chi connectivity index (χ2v) is 9.30. The fraction of sp³-hybridized carbons (Fsp3) is 0.241. The van der Waals surface area contributed by atoms with Crippen LogP contribution in [-0.4, -0.2) is 44.9 Å². The summed E-state index contributed by atoms with van der Waals surface area (Å²) in [5.74, 6) is 0.806. The van der Waals surface area contributed by atoms with Crippen LogP contribution in [0.2, 0.25) is 0 Å². The molecule has 1 aliphatic rings. The molecule has 2 aromatic carbocycles. The molecule has 10 heteroatoms. The minimum absolute atomic E-state index is 0.306. The van der Waals surface area contributed by atoms with E-state index < -0.39 is 11.6 Å². The number of halogens is 2. The standard InChI is InChI=1S/C29H29F2N7O/c1-5-13-37(4)28-23-11-10-22(21-9-7-19(30)15-24(21)31)27(23)34-29(35-28)33-20-8-12-25(26(16-20)39-14-6-2)38-17-32-18(3)36-38/h5-9,12,15-17,22H,1-2,10-11,13-14H2,3-4H3,(H,33,34,35). The van der Waals surface area contributed by atoms with Gasteiger partial charge in [-0.1, -0.05) is 24.8 Å². The van der Waals surface area contributed by atoms with Crippen LogP contribution in [0.3, 0.4) is 0 Å². The van der Waals surface area contributed by atoms with E-state index in [1.807, 2.05) is 37.1 Å². The zero-order valence-corrected chi connectivity index (χ0v) is 21.9. The van der Waals surface area contributed by atoms with Crippen LogP contribution in [0.25, 0.3) is 5.69 Å². The molecule has 200 valence electrons. The zero-order chi connectivity index (χ0) is 27.5. The molecule has 8 nitrogen and oxygen atoms in total. The van der Waals surface area contributed by atoms with Crippen molar-refractivity contribution in [2.24, 2.45) is 0 Å². The number of nitrogens with zero attached hydrogens (tertiary/aromatic N) is 6. The number of aryl methyl sites for hydroxylation is 1. The molecule has 0 bridgehead atoms. The molecule has 2 heterocycles. The van der Waals surface area contributed by atoms with Crippen LogP contribution in [-0.2, 0) is 6.42 Å². The van der Waals surface area contributed by atoms with Crippen molar-refractivity contribution in [3.8, 4) is 11.4 Å². The minimum atomic E-state index is -0.607. The lowest BCUT2D eigenvalue weighted by molar-refractivity contribution is 0.361. The molecule has 1 aliphatic carbocycles. The summed E-state index contributed by atoms with van der Waals surface area (Å²) in [6, 6.07) is 9.26. The summed E-state index contributed by atoms with van der Waals surface area (Å²) in [4.78, 5) is 15.8. The number of hydrogen-bond acceptors (Lipinski definition) is 7. The number of anilines is 3. The number of aromatic nitrogens is 5. The highest BCUT2D eigenvalue weighted by molar-refractivity contribution is 5.64. The van der Waals surface area contributed by atoms with Crippen LogP contribution in [0.15, 0.2) is 68.0 Å². The van der Waals surface area contributed by atoms with Gasteiger partial charge in [-0.3, -0.25) is 0 Å². The summed E-state index contributed by atoms with van der Waals surface area (Å²) in [6.45, 7) is 10.3. The number of ether oxygens (including phenoxy) is 1. The monoisotopic (exact) mass is 529 g/mol. The fourth-order valence-electron chi connectivity index (χ4n) is 4.82. The normalized spacial score (nSPS) is 14.1. The Morgan fingerprint density at radius 1 is 1.15 bits per heavy atom. The summed E-state index contributed by atoms with van der Waals surface area (Å²) < 4.78 is 36.0. The first-order valence-corrected chi connectivity index (χ1v) is 12.6. The van der Waals surface area contributed by atoms with Gasteiger partial charge in [0.2, 0.25) is 5.95 Å². The molecule has 0 spiro atoms. The number of rotatable bonds is 10. The molecule has 0 aliphatic heterocycles. The van der Waals surface area contributed by atoms with E-state index in [4.69, 9.17) is 14.7 Å². The van der Waals surface area contributed by atoms with E-state index in [1.54, 1.807) is 23.2 Å². The van der Waals surface area contributed by atoms with Crippen molar-refractivity contribution in [2.75, 3.05) is 30.4 Å². The molecule has 1 unspecified atom stereocenters. The Bertz CT molecular complexity index is 1530. The fourth-order valence-corrected chi connectivity index (χ4v) is 4.82. The lowest BCUT2D eigenvalue weighted by atomic mass is 9.96. The third kappa shape index (κ3) is 5.36. The smallest absolute Gasteiger partial charge is 0.229 e. The van der Waals surface area contributed by atoms with Crippen molar-refractivity contribution in [1.29, 1.82) is 0 Å². The third-order valence-corrected chi connectivity index (χ3v) is 6.56. The maximum atomic E-state index is 14.8. The molecule has 1 atom stereocenters. The molecule has 0 fully saturated rings. The van der Waals surface area contributed by atoms with Gasteiger partial charge in [0.15, 0.2) is 0 Å². The van der Waals surface area contributed by atoms with Gasteiger partial charge in [-0.2, -0.15) is 10.1 Å². The average Bonchev–Trinajstić information content (AvgIpc) is 3.53. The number of nitrogens with one attached hydrogen (secondary N) is 1. The maximum absolute atomic E-state index is 14.8. The molecule has 0 radical (unpaired) electrons. The Hall–Kier alpha value is -4.60. The van der Waals surface area contributed by atoms with Gasteiger partial charge in [-0.15, -0.1) is 6.58 Å². The van der Waals surface area contributed by atoms with Crippen molar-refractivity contribution in [1.82, 2.24) is 24.7 Å². The SMILES string of the molecule is C=CCOc1cc(Nc2nc3c(c(N(C)CC=C)n2)CCC3c2ccc(F)cc2F)ccc1-n1cnc(C)n1. The summed E-state index contributed by atoms with van der Waals surface area (Å²) >= 11 is 0. The first-order chi connectivity index (χ1) is 18.9. The quantitative estimate of drug-likeness (QED) is 0.266. The predicted molar refractivity (Wildman–Crippen MR) is 147 cm³/mol. The average molecular weight is 530 g/mol. The molecule has 0 saturated heterocycles. The van der Waals surface area contributed by atoms with Crippen molar-refractivity contribution >= 4 is 17.5 Å². The molecule has 0 saturated carbocycles. The molecule has 1 N–H and O–H groups in total. The highest BCUT2D eigenvalue weighted by Gasteiger charge is 2.32. The van der Waals surface area contributed by atoms with Crippen LogP contribution in [0, 0.1) is 18.6 Å². The Balaban J connectivity index is 1.55. The van der Waals surface area contributed by atoms with Crippen molar-refractivity contribution in [3.63, 3.8) is 0 Å². The van der Waals surface area contributed by atoms with Crippen molar-refractivity contribution in [3.05, 3.63) is 102 Å². The summed E-state index contributed by atoms with van der Waals surface area (Å²) in [6.07, 6.45) is 6.41. The summed E-state index contributed by atoms with van der Waals surface area (Å²) in [5.41, 5.74) is 3.50. The number of fused-ring (bicyclic) bond motifs is 1. The second-order valence-electron chi connectivity index (χ2n) is 9.30. The highest BCUT2D eigenvalue weighted by Crippen LogP contribution is 2.42. The van der Waals surface area contributed by atoms with Gasteiger partial charge in [0.05, 0.1) is 5.69 Å². The van der Waals surface area contributed by atoms with Gasteiger partial charge >= 0.3 is 0 Å². The second kappa shape index (κ2) is 11.0. The Kier molecular flexibility index (Phi) is 7.36. The summed E-state index contributed by atoms with van der Waals surface area (Å²) in [7, 11) is 1.93. The topological polar surface area (TPSA) is 81.0 Å². The van der Waals surface area contributed by atoms with E-state index in [-0.39, 0.29) is 5.92 Å². The molecule has 0 amide bonds. The van der Waals surface area contributed by atoms with Gasteiger partial charge in [0, 0.05) is 42.9 Å². The van der Waals surface area contributed by atoms with E-state index in [2.05, 4.69) is 28.6 Å². The Labute approximate surface area is 225 Å². The first kappa shape index (κ1) is 26.0. The van der Waals surface area contributed by atoms with E-state index in [1.165, 1.54) is 12.1 Å². The molecular weight excluding hydrogens is 500 g/mol. The van der Waals surface area contributed by atoms with E-state index in [9.17, 15) is 8.78 Å². The lowest BCUT2D eigenvalue weighted by Gasteiger charge is -2.21. The van der Waals surface area contributed by atoms with Crippen molar-refractivity contribution in [2.45, 2.75) is 25.7 Å². The van der Waals surface area contributed by atoms with Crippen LogP contribution in [0.5, 0.6) is 5.75 Å². The number of benzene rings is 2. The third-order valence-electron chi connectivity index (χ3n) is 6.56. The highest BCUT2D eigenvalue weighted by atomic mass is 19.1. The molecule has 4 aromatic rings. The molecule has 39 heavy (non-hydrogen) atoms. The Morgan fingerprint density at radius 2 is 2.00 bits per heavy atom. The zero-order valence-electron chi connectivity index (χ0n) is 21.9.